The van der Waals surface area contributed by atoms with Crippen LogP contribution in [0.2, 0.25) is 0 Å². The first-order chi connectivity index (χ1) is 9.04. The lowest BCUT2D eigenvalue weighted by atomic mass is 10.2. The summed E-state index contributed by atoms with van der Waals surface area (Å²) in [5, 5.41) is 3.39. The predicted molar refractivity (Wildman–Crippen MR) is 87.8 cm³/mol. The molecule has 2 aromatic heterocycles. The smallest absolute Gasteiger partial charge is 0.141 e. The molecule has 0 fully saturated rings. The minimum Gasteiger partial charge on any atom is -0.356 e. The van der Waals surface area contributed by atoms with E-state index < -0.39 is 0 Å². The number of rotatable bonds is 5. The fourth-order valence-corrected chi connectivity index (χ4v) is 3.65. The first-order valence-electron chi connectivity index (χ1n) is 6.48. The number of fused-ring (bicyclic) bond motifs is 1. The Morgan fingerprint density at radius 2 is 2.11 bits per heavy atom. The summed E-state index contributed by atoms with van der Waals surface area (Å²) < 4.78 is 0. The number of aromatic nitrogens is 2. The van der Waals surface area contributed by atoms with E-state index in [-0.39, 0.29) is 0 Å². The van der Waals surface area contributed by atoms with Crippen molar-refractivity contribution in [1.29, 1.82) is 0 Å². The SMILES string of the molecule is CSCCC(C)N(C)c1nc(C)nc2scc(C)c12. The average molecular weight is 295 g/mol. The van der Waals surface area contributed by atoms with Crippen LogP contribution in [-0.2, 0) is 0 Å². The molecule has 0 saturated carbocycles. The number of anilines is 1. The van der Waals surface area contributed by atoms with Crippen molar-refractivity contribution < 1.29 is 0 Å². The second-order valence-corrected chi connectivity index (χ2v) is 6.78. The summed E-state index contributed by atoms with van der Waals surface area (Å²) in [4.78, 5) is 12.6. The maximum atomic E-state index is 4.68. The molecule has 5 heteroatoms. The van der Waals surface area contributed by atoms with E-state index in [2.05, 4.69) is 47.4 Å². The lowest BCUT2D eigenvalue weighted by molar-refractivity contribution is 0.663. The van der Waals surface area contributed by atoms with Gasteiger partial charge in [0.25, 0.3) is 0 Å². The maximum Gasteiger partial charge on any atom is 0.141 e. The van der Waals surface area contributed by atoms with Crippen molar-refractivity contribution >= 4 is 39.1 Å². The van der Waals surface area contributed by atoms with Crippen LogP contribution in [0, 0.1) is 13.8 Å². The number of hydrogen-bond acceptors (Lipinski definition) is 5. The van der Waals surface area contributed by atoms with Gasteiger partial charge >= 0.3 is 0 Å². The quantitative estimate of drug-likeness (QED) is 0.837. The highest BCUT2D eigenvalue weighted by Gasteiger charge is 2.17. The van der Waals surface area contributed by atoms with Crippen molar-refractivity contribution in [3.8, 4) is 0 Å². The van der Waals surface area contributed by atoms with Crippen molar-refractivity contribution in [2.45, 2.75) is 33.2 Å². The van der Waals surface area contributed by atoms with Crippen LogP contribution >= 0.6 is 23.1 Å². The van der Waals surface area contributed by atoms with Gasteiger partial charge in [0.05, 0.1) is 5.39 Å². The summed E-state index contributed by atoms with van der Waals surface area (Å²) in [6.45, 7) is 6.38. The van der Waals surface area contributed by atoms with Gasteiger partial charge in [-0.25, -0.2) is 9.97 Å². The molecule has 1 atom stereocenters. The molecule has 0 aliphatic heterocycles. The van der Waals surface area contributed by atoms with Gasteiger partial charge in [-0.2, -0.15) is 11.8 Å². The lowest BCUT2D eigenvalue weighted by Crippen LogP contribution is -2.30. The molecule has 1 unspecified atom stereocenters. The Hall–Kier alpha value is -0.810. The summed E-state index contributed by atoms with van der Waals surface area (Å²) in [6.07, 6.45) is 3.33. The first-order valence-corrected chi connectivity index (χ1v) is 8.76. The molecule has 0 bridgehead atoms. The molecule has 2 heterocycles. The monoisotopic (exact) mass is 295 g/mol. The highest BCUT2D eigenvalue weighted by Crippen LogP contribution is 2.32. The average Bonchev–Trinajstić information content (AvgIpc) is 2.75. The van der Waals surface area contributed by atoms with Crippen LogP contribution in [0.1, 0.15) is 24.7 Å². The van der Waals surface area contributed by atoms with Gasteiger partial charge in [0.2, 0.25) is 0 Å². The summed E-state index contributed by atoms with van der Waals surface area (Å²) >= 11 is 3.60. The zero-order valence-electron chi connectivity index (χ0n) is 12.2. The van der Waals surface area contributed by atoms with Crippen molar-refractivity contribution in [3.05, 3.63) is 16.8 Å². The third-order valence-electron chi connectivity index (χ3n) is 3.45. The van der Waals surface area contributed by atoms with Crippen molar-refractivity contribution in [1.82, 2.24) is 9.97 Å². The fourth-order valence-electron chi connectivity index (χ4n) is 2.11. The van der Waals surface area contributed by atoms with Gasteiger partial charge in [0.1, 0.15) is 16.5 Å². The highest BCUT2D eigenvalue weighted by molar-refractivity contribution is 7.98. The number of thioether (sulfide) groups is 1. The molecule has 0 spiro atoms. The van der Waals surface area contributed by atoms with Crippen molar-refractivity contribution in [2.75, 3.05) is 24.0 Å². The Labute approximate surface area is 123 Å². The largest absolute Gasteiger partial charge is 0.356 e. The molecular weight excluding hydrogens is 274 g/mol. The van der Waals surface area contributed by atoms with E-state index in [0.29, 0.717) is 6.04 Å². The highest BCUT2D eigenvalue weighted by atomic mass is 32.2. The molecule has 2 aromatic rings. The van der Waals surface area contributed by atoms with Gasteiger partial charge in [-0.15, -0.1) is 11.3 Å². The van der Waals surface area contributed by atoms with E-state index in [4.69, 9.17) is 0 Å². The standard InChI is InChI=1S/C14H21N3S2/c1-9-8-19-14-12(9)13(15-11(3)16-14)17(4)10(2)6-7-18-5/h8,10H,6-7H2,1-5H3. The van der Waals surface area contributed by atoms with Gasteiger partial charge in [-0.1, -0.05) is 0 Å². The summed E-state index contributed by atoms with van der Waals surface area (Å²) in [7, 11) is 2.14. The van der Waals surface area contributed by atoms with Crippen LogP contribution in [-0.4, -0.2) is 35.1 Å². The van der Waals surface area contributed by atoms with E-state index in [9.17, 15) is 0 Å². The molecule has 0 aromatic carbocycles. The van der Waals surface area contributed by atoms with Crippen LogP contribution in [0.5, 0.6) is 0 Å². The van der Waals surface area contributed by atoms with Crippen LogP contribution in [0.4, 0.5) is 5.82 Å². The Morgan fingerprint density at radius 3 is 2.79 bits per heavy atom. The van der Waals surface area contributed by atoms with Gasteiger partial charge in [0.15, 0.2) is 0 Å². The maximum absolute atomic E-state index is 4.68. The van der Waals surface area contributed by atoms with E-state index in [1.165, 1.54) is 23.1 Å². The molecule has 0 amide bonds. The second kappa shape index (κ2) is 6.09. The molecule has 0 N–H and O–H groups in total. The summed E-state index contributed by atoms with van der Waals surface area (Å²) in [5.41, 5.74) is 1.28. The normalized spacial score (nSPS) is 12.9. The Kier molecular flexibility index (Phi) is 4.68. The zero-order valence-corrected chi connectivity index (χ0v) is 13.9. The summed E-state index contributed by atoms with van der Waals surface area (Å²) in [5.74, 6) is 3.12. The van der Waals surface area contributed by atoms with Crippen LogP contribution in [0.15, 0.2) is 5.38 Å². The van der Waals surface area contributed by atoms with Gasteiger partial charge in [0, 0.05) is 13.1 Å². The fraction of sp³-hybridized carbons (Fsp3) is 0.571. The molecule has 0 radical (unpaired) electrons. The van der Waals surface area contributed by atoms with E-state index in [1.807, 2.05) is 18.7 Å². The van der Waals surface area contributed by atoms with Crippen LogP contribution in [0.25, 0.3) is 10.2 Å². The number of hydrogen-bond donors (Lipinski definition) is 0. The Morgan fingerprint density at radius 1 is 1.37 bits per heavy atom. The number of aryl methyl sites for hydroxylation is 2. The van der Waals surface area contributed by atoms with Crippen LogP contribution in [0.3, 0.4) is 0 Å². The Balaban J connectivity index is 2.40. The molecule has 104 valence electrons. The number of nitrogens with zero attached hydrogens (tertiary/aromatic N) is 3. The lowest BCUT2D eigenvalue weighted by Gasteiger charge is -2.26. The molecule has 19 heavy (non-hydrogen) atoms. The van der Waals surface area contributed by atoms with Gasteiger partial charge in [-0.05, 0) is 50.1 Å². The molecule has 3 nitrogen and oxygen atoms in total. The second-order valence-electron chi connectivity index (χ2n) is 4.93. The molecule has 2 rings (SSSR count). The van der Waals surface area contributed by atoms with E-state index in [1.54, 1.807) is 11.3 Å². The van der Waals surface area contributed by atoms with Gasteiger partial charge < -0.3 is 4.90 Å². The molecular formula is C14H21N3S2. The van der Waals surface area contributed by atoms with Gasteiger partial charge in [-0.3, -0.25) is 0 Å². The minimum absolute atomic E-state index is 0.490. The predicted octanol–water partition coefficient (Wildman–Crippen LogP) is 3.89. The molecule has 0 aliphatic rings. The Bertz CT molecular complexity index is 565. The topological polar surface area (TPSA) is 29.0 Å². The minimum atomic E-state index is 0.490. The van der Waals surface area contributed by atoms with Crippen molar-refractivity contribution in [2.24, 2.45) is 0 Å². The first kappa shape index (κ1) is 14.6. The third-order valence-corrected chi connectivity index (χ3v) is 5.08. The molecule has 0 saturated heterocycles. The van der Waals surface area contributed by atoms with E-state index >= 15 is 0 Å². The van der Waals surface area contributed by atoms with Crippen LogP contribution < -0.4 is 4.90 Å². The molecule has 0 aliphatic carbocycles. The number of thiophene rings is 1. The third kappa shape index (κ3) is 3.03. The summed E-state index contributed by atoms with van der Waals surface area (Å²) in [6, 6.07) is 0.490. The van der Waals surface area contributed by atoms with Crippen molar-refractivity contribution in [3.63, 3.8) is 0 Å². The zero-order chi connectivity index (χ0) is 14.0. The van der Waals surface area contributed by atoms with E-state index in [0.717, 1.165) is 16.5 Å².